The van der Waals surface area contributed by atoms with Crippen molar-refractivity contribution >= 4 is 49.1 Å². The van der Waals surface area contributed by atoms with Gasteiger partial charge in [-0.2, -0.15) is 0 Å². The Morgan fingerprint density at radius 1 is 1.53 bits per heavy atom. The van der Waals surface area contributed by atoms with E-state index in [1.54, 1.807) is 11.3 Å². The fraction of sp³-hybridized carbons (Fsp3) is 0.615. The van der Waals surface area contributed by atoms with Gasteiger partial charge in [-0.25, -0.2) is 0 Å². The smallest absolute Gasteiger partial charge is 0.223 e. The van der Waals surface area contributed by atoms with Crippen molar-refractivity contribution in [3.8, 4) is 0 Å². The summed E-state index contributed by atoms with van der Waals surface area (Å²) < 4.78 is 2.09. The van der Waals surface area contributed by atoms with Crippen molar-refractivity contribution in [2.45, 2.75) is 44.7 Å². The first-order valence-corrected chi connectivity index (χ1v) is 8.94. The second-order valence-electron chi connectivity index (χ2n) is 4.86. The maximum Gasteiger partial charge on any atom is 0.223 e. The number of hydrogen-bond acceptors (Lipinski definition) is 3. The van der Waals surface area contributed by atoms with Crippen molar-refractivity contribution < 1.29 is 4.79 Å². The number of amides is 1. The molecule has 2 N–H and O–H groups in total. The van der Waals surface area contributed by atoms with E-state index in [0.29, 0.717) is 6.42 Å². The van der Waals surface area contributed by atoms with Crippen molar-refractivity contribution in [3.05, 3.63) is 19.2 Å². The molecule has 6 heteroatoms. The summed E-state index contributed by atoms with van der Waals surface area (Å²) in [6, 6.07) is 2.12. The standard InChI is InChI=1S/C13H18Br2N2OS/c1-2-6-17-11(18)5-3-4-9(16)12(17)10-7-8(14)13(15)19-10/h7,9,12H,2-6,16H2,1H3. The molecule has 0 radical (unpaired) electrons. The van der Waals surface area contributed by atoms with Crippen molar-refractivity contribution in [2.75, 3.05) is 6.54 Å². The fourth-order valence-electron chi connectivity index (χ4n) is 2.56. The largest absolute Gasteiger partial charge is 0.333 e. The van der Waals surface area contributed by atoms with Crippen LogP contribution < -0.4 is 5.73 Å². The highest BCUT2D eigenvalue weighted by atomic mass is 79.9. The molecule has 1 amide bonds. The van der Waals surface area contributed by atoms with Gasteiger partial charge in [-0.15, -0.1) is 11.3 Å². The zero-order valence-electron chi connectivity index (χ0n) is 10.9. The minimum atomic E-state index is 0.0163. The van der Waals surface area contributed by atoms with Crippen LogP contribution >= 0.6 is 43.2 Å². The second kappa shape index (κ2) is 6.70. The molecule has 106 valence electrons. The quantitative estimate of drug-likeness (QED) is 0.817. The first-order valence-electron chi connectivity index (χ1n) is 6.54. The van der Waals surface area contributed by atoms with Crippen LogP contribution in [0.5, 0.6) is 0 Å². The molecular weight excluding hydrogens is 392 g/mol. The molecule has 1 aliphatic rings. The summed E-state index contributed by atoms with van der Waals surface area (Å²) in [4.78, 5) is 15.4. The van der Waals surface area contributed by atoms with E-state index in [-0.39, 0.29) is 18.0 Å². The van der Waals surface area contributed by atoms with Gasteiger partial charge in [0.25, 0.3) is 0 Å². The number of nitrogens with zero attached hydrogens (tertiary/aromatic N) is 1. The number of halogens is 2. The van der Waals surface area contributed by atoms with Crippen LogP contribution in [-0.2, 0) is 4.79 Å². The van der Waals surface area contributed by atoms with Gasteiger partial charge in [0, 0.05) is 28.4 Å². The molecule has 2 atom stereocenters. The summed E-state index contributed by atoms with van der Waals surface area (Å²) in [6.07, 6.45) is 3.38. The summed E-state index contributed by atoms with van der Waals surface area (Å²) in [6.45, 7) is 2.88. The molecule has 2 heterocycles. The van der Waals surface area contributed by atoms with Crippen LogP contribution in [0.4, 0.5) is 0 Å². The summed E-state index contributed by atoms with van der Waals surface area (Å²) in [5, 5.41) is 0. The third-order valence-corrected chi connectivity index (χ3v) is 6.74. The average molecular weight is 410 g/mol. The molecule has 1 saturated heterocycles. The SMILES string of the molecule is CCCN1C(=O)CCCC(N)C1c1cc(Br)c(Br)s1. The topological polar surface area (TPSA) is 46.3 Å². The number of nitrogens with two attached hydrogens (primary N) is 1. The van der Waals surface area contributed by atoms with Crippen LogP contribution in [-0.4, -0.2) is 23.4 Å². The Balaban J connectivity index is 2.36. The van der Waals surface area contributed by atoms with Crippen LogP contribution in [0.1, 0.15) is 43.5 Å². The molecule has 1 aromatic rings. The van der Waals surface area contributed by atoms with Crippen LogP contribution in [0, 0.1) is 0 Å². The summed E-state index contributed by atoms with van der Waals surface area (Å²) >= 11 is 8.70. The van der Waals surface area contributed by atoms with Crippen molar-refractivity contribution in [2.24, 2.45) is 5.73 Å². The molecule has 1 aromatic heterocycles. The molecule has 1 aliphatic heterocycles. The minimum absolute atomic E-state index is 0.0163. The van der Waals surface area contributed by atoms with Gasteiger partial charge in [-0.3, -0.25) is 4.79 Å². The molecule has 0 spiro atoms. The highest BCUT2D eigenvalue weighted by molar-refractivity contribution is 9.13. The highest BCUT2D eigenvalue weighted by Crippen LogP contribution is 2.40. The molecule has 1 fully saturated rings. The number of rotatable bonds is 3. The molecule has 0 bridgehead atoms. The predicted octanol–water partition coefficient (Wildman–Crippen LogP) is 4.06. The van der Waals surface area contributed by atoms with E-state index in [2.05, 4.69) is 44.8 Å². The first-order chi connectivity index (χ1) is 9.04. The maximum atomic E-state index is 12.3. The summed E-state index contributed by atoms with van der Waals surface area (Å²) in [5.74, 6) is 0.237. The number of likely N-dealkylation sites (tertiary alicyclic amines) is 1. The van der Waals surface area contributed by atoms with Crippen LogP contribution in [0.3, 0.4) is 0 Å². The number of carbonyl (C=O) groups is 1. The van der Waals surface area contributed by atoms with Crippen molar-refractivity contribution in [1.82, 2.24) is 4.90 Å². The summed E-state index contributed by atoms with van der Waals surface area (Å²) in [5.41, 5.74) is 6.34. The van der Waals surface area contributed by atoms with E-state index < -0.39 is 0 Å². The van der Waals surface area contributed by atoms with E-state index in [0.717, 1.165) is 38.9 Å². The Morgan fingerprint density at radius 2 is 2.26 bits per heavy atom. The van der Waals surface area contributed by atoms with Crippen LogP contribution in [0.25, 0.3) is 0 Å². The van der Waals surface area contributed by atoms with Gasteiger partial charge in [0.2, 0.25) is 5.91 Å². The number of carbonyl (C=O) groups excluding carboxylic acids is 1. The predicted molar refractivity (Wildman–Crippen MR) is 86.3 cm³/mol. The van der Waals surface area contributed by atoms with E-state index in [1.807, 2.05) is 4.90 Å². The highest BCUT2D eigenvalue weighted by Gasteiger charge is 2.33. The third-order valence-electron chi connectivity index (χ3n) is 3.41. The lowest BCUT2D eigenvalue weighted by atomic mass is 10.0. The van der Waals surface area contributed by atoms with Crippen molar-refractivity contribution in [1.29, 1.82) is 0 Å². The van der Waals surface area contributed by atoms with Gasteiger partial charge in [-0.1, -0.05) is 6.92 Å². The Morgan fingerprint density at radius 3 is 2.84 bits per heavy atom. The monoisotopic (exact) mass is 408 g/mol. The Bertz CT molecular complexity index is 444. The summed E-state index contributed by atoms with van der Waals surface area (Å²) in [7, 11) is 0. The van der Waals surface area contributed by atoms with Gasteiger partial charge < -0.3 is 10.6 Å². The molecular formula is C13H18Br2N2OS. The third kappa shape index (κ3) is 3.40. The zero-order chi connectivity index (χ0) is 14.0. The molecule has 3 nitrogen and oxygen atoms in total. The average Bonchev–Trinajstić information content (AvgIpc) is 2.60. The van der Waals surface area contributed by atoms with Gasteiger partial charge in [0.1, 0.15) is 0 Å². The molecule has 0 aliphatic carbocycles. The minimum Gasteiger partial charge on any atom is -0.333 e. The first kappa shape index (κ1) is 15.5. The van der Waals surface area contributed by atoms with Gasteiger partial charge in [0.05, 0.1) is 9.83 Å². The molecule has 2 rings (SSSR count). The Kier molecular flexibility index (Phi) is 5.45. The Labute approximate surface area is 134 Å². The lowest BCUT2D eigenvalue weighted by Gasteiger charge is -2.32. The molecule has 0 saturated carbocycles. The lowest BCUT2D eigenvalue weighted by molar-refractivity contribution is -0.133. The second-order valence-corrected chi connectivity index (χ2v) is 8.11. The van der Waals surface area contributed by atoms with Gasteiger partial charge in [-0.05, 0) is 57.2 Å². The van der Waals surface area contributed by atoms with E-state index in [1.165, 1.54) is 0 Å². The number of thiophene rings is 1. The van der Waals surface area contributed by atoms with E-state index in [4.69, 9.17) is 5.73 Å². The normalized spacial score (nSPS) is 24.6. The zero-order valence-corrected chi connectivity index (χ0v) is 14.9. The van der Waals surface area contributed by atoms with Gasteiger partial charge >= 0.3 is 0 Å². The van der Waals surface area contributed by atoms with E-state index >= 15 is 0 Å². The maximum absolute atomic E-state index is 12.3. The van der Waals surface area contributed by atoms with Crippen LogP contribution in [0.2, 0.25) is 0 Å². The van der Waals surface area contributed by atoms with Crippen LogP contribution in [0.15, 0.2) is 14.3 Å². The lowest BCUT2D eigenvalue weighted by Crippen LogP contribution is -2.42. The number of hydrogen-bond donors (Lipinski definition) is 1. The van der Waals surface area contributed by atoms with Gasteiger partial charge in [0.15, 0.2) is 0 Å². The molecule has 2 unspecified atom stereocenters. The Hall–Kier alpha value is 0.0900. The fourth-order valence-corrected chi connectivity index (χ4v) is 4.83. The van der Waals surface area contributed by atoms with E-state index in [9.17, 15) is 4.79 Å². The van der Waals surface area contributed by atoms with Crippen molar-refractivity contribution in [3.63, 3.8) is 0 Å². The molecule has 0 aromatic carbocycles. The molecule has 19 heavy (non-hydrogen) atoms.